The topological polar surface area (TPSA) is 120 Å². The van der Waals surface area contributed by atoms with Crippen molar-refractivity contribution in [3.63, 3.8) is 0 Å². The molecule has 0 radical (unpaired) electrons. The monoisotopic (exact) mass is 529 g/mol. The molecule has 3 aliphatic heterocycles. The van der Waals surface area contributed by atoms with Gasteiger partial charge in [-0.2, -0.15) is 0 Å². The number of ketones is 1. The van der Waals surface area contributed by atoms with Gasteiger partial charge in [-0.15, -0.1) is 0 Å². The molecule has 2 aromatic heterocycles. The molecule has 0 amide bonds. The van der Waals surface area contributed by atoms with Crippen LogP contribution in [0.5, 0.6) is 11.5 Å². The third kappa shape index (κ3) is 2.94. The van der Waals surface area contributed by atoms with Crippen LogP contribution in [0.3, 0.4) is 0 Å². The van der Waals surface area contributed by atoms with E-state index in [-0.39, 0.29) is 30.5 Å². The normalized spacial score (nSPS) is 24.4. The van der Waals surface area contributed by atoms with Crippen molar-refractivity contribution >= 4 is 22.7 Å². The van der Waals surface area contributed by atoms with E-state index >= 15 is 0 Å². The van der Waals surface area contributed by atoms with Crippen LogP contribution in [0.25, 0.3) is 22.3 Å². The van der Waals surface area contributed by atoms with Gasteiger partial charge in [0.1, 0.15) is 5.78 Å². The Bertz CT molecular complexity index is 1670. The summed E-state index contributed by atoms with van der Waals surface area (Å²) >= 11 is 0. The summed E-state index contributed by atoms with van der Waals surface area (Å²) in [6.45, 7) is 7.51. The van der Waals surface area contributed by atoms with Crippen LogP contribution >= 0.6 is 0 Å². The number of hydrogen-bond donors (Lipinski definition) is 2. The lowest BCUT2D eigenvalue weighted by Gasteiger charge is -2.48. The molecule has 1 fully saturated rings. The number of aryl methyl sites for hydroxylation is 1. The molecule has 39 heavy (non-hydrogen) atoms. The Kier molecular flexibility index (Phi) is 5.08. The first-order chi connectivity index (χ1) is 18.7. The minimum atomic E-state index is -1.37. The summed E-state index contributed by atoms with van der Waals surface area (Å²) in [4.78, 5) is 46.1. The number of piperidine rings is 1. The molecule has 0 spiro atoms. The molecule has 202 valence electrons. The summed E-state index contributed by atoms with van der Waals surface area (Å²) in [6.07, 6.45) is 1.83. The molecule has 9 heteroatoms. The van der Waals surface area contributed by atoms with E-state index in [0.29, 0.717) is 53.5 Å². The number of ether oxygens (including phenoxy) is 2. The van der Waals surface area contributed by atoms with Crippen LogP contribution in [0, 0.1) is 18.3 Å². The first-order valence-electron chi connectivity index (χ1n) is 13.7. The van der Waals surface area contributed by atoms with Gasteiger partial charge in [0.2, 0.25) is 6.79 Å². The second-order valence-electron chi connectivity index (χ2n) is 11.5. The third-order valence-electron chi connectivity index (χ3n) is 10.1. The van der Waals surface area contributed by atoms with Crippen LogP contribution in [-0.4, -0.2) is 46.3 Å². The first kappa shape index (κ1) is 24.3. The Morgan fingerprint density at radius 1 is 1.23 bits per heavy atom. The van der Waals surface area contributed by atoms with Gasteiger partial charge in [0.25, 0.3) is 5.56 Å². The number of pyridine rings is 2. The number of nitrogens with one attached hydrogen (secondary N) is 1. The number of Topliss-reactive ketones (excluding diaryl/α,β-unsaturated/α-hetero) is 1. The van der Waals surface area contributed by atoms with E-state index in [0.717, 1.165) is 41.4 Å². The fraction of sp³-hybridized carbons (Fsp3) is 0.467. The summed E-state index contributed by atoms with van der Waals surface area (Å²) in [5.74, 6) is -0.0951. The smallest absolute Gasteiger partial charge is 0.311 e. The molecule has 5 heterocycles. The quantitative estimate of drug-likeness (QED) is 0.413. The third-order valence-corrected chi connectivity index (χ3v) is 10.1. The fourth-order valence-electron chi connectivity index (χ4n) is 7.85. The summed E-state index contributed by atoms with van der Waals surface area (Å²) in [5.41, 5.74) is 2.14. The summed E-state index contributed by atoms with van der Waals surface area (Å²) in [7, 11) is 0. The average molecular weight is 530 g/mol. The fourth-order valence-corrected chi connectivity index (χ4v) is 7.85. The van der Waals surface area contributed by atoms with Crippen LogP contribution in [0.1, 0.15) is 55.4 Å². The molecule has 7 rings (SSSR count). The Labute approximate surface area is 225 Å². The number of carboxylic acid groups (broad SMARTS) is 1. The Morgan fingerprint density at radius 2 is 2.00 bits per heavy atom. The highest BCUT2D eigenvalue weighted by Gasteiger charge is 2.64. The standard InChI is InChI=1S/C30H31N3O6/c1-4-30(29(3,28(36)37)16-6-5-7-31-12-16)20-10-22-26-19(13-33(22)27(35)18(20)9-25(30)34)15(2)17-8-23-24(39-14-38-23)11-21(17)32-26/h8,10-11,16,31H,4-7,9,12-14H2,1-3H3,(H,36,37). The first-order valence-corrected chi connectivity index (χ1v) is 13.7. The van der Waals surface area contributed by atoms with Gasteiger partial charge in [-0.05, 0) is 75.4 Å². The van der Waals surface area contributed by atoms with E-state index in [1.54, 1.807) is 11.5 Å². The molecule has 1 saturated heterocycles. The van der Waals surface area contributed by atoms with Crippen molar-refractivity contribution in [1.29, 1.82) is 0 Å². The molecule has 2 N–H and O–H groups in total. The lowest BCUT2D eigenvalue weighted by atomic mass is 9.53. The highest BCUT2D eigenvalue weighted by Crippen LogP contribution is 2.56. The van der Waals surface area contributed by atoms with E-state index in [2.05, 4.69) is 5.32 Å². The van der Waals surface area contributed by atoms with Crippen LogP contribution in [0.2, 0.25) is 0 Å². The van der Waals surface area contributed by atoms with Crippen LogP contribution in [-0.2, 0) is 28.0 Å². The zero-order chi connectivity index (χ0) is 27.3. The van der Waals surface area contributed by atoms with Crippen LogP contribution in [0.15, 0.2) is 23.0 Å². The van der Waals surface area contributed by atoms with Gasteiger partial charge in [-0.25, -0.2) is 4.98 Å². The van der Waals surface area contributed by atoms with Gasteiger partial charge in [0.05, 0.1) is 34.3 Å². The van der Waals surface area contributed by atoms with E-state index < -0.39 is 16.8 Å². The van der Waals surface area contributed by atoms with Crippen LogP contribution in [0.4, 0.5) is 0 Å². The zero-order valence-electron chi connectivity index (χ0n) is 22.3. The largest absolute Gasteiger partial charge is 0.481 e. The molecule has 1 aliphatic carbocycles. The highest BCUT2D eigenvalue weighted by molar-refractivity contribution is 6.02. The van der Waals surface area contributed by atoms with Gasteiger partial charge in [-0.1, -0.05) is 6.92 Å². The van der Waals surface area contributed by atoms with Crippen molar-refractivity contribution in [2.75, 3.05) is 19.9 Å². The molecule has 9 nitrogen and oxygen atoms in total. The van der Waals surface area contributed by atoms with Crippen molar-refractivity contribution in [3.8, 4) is 22.9 Å². The van der Waals surface area contributed by atoms with Crippen molar-refractivity contribution in [3.05, 3.63) is 50.8 Å². The van der Waals surface area contributed by atoms with Crippen molar-refractivity contribution < 1.29 is 24.2 Å². The number of rotatable bonds is 4. The average Bonchev–Trinajstić information content (AvgIpc) is 3.62. The molecular weight excluding hydrogens is 498 g/mol. The van der Waals surface area contributed by atoms with Gasteiger partial charge < -0.3 is 24.5 Å². The van der Waals surface area contributed by atoms with Crippen molar-refractivity contribution in [2.24, 2.45) is 11.3 Å². The van der Waals surface area contributed by atoms with Gasteiger partial charge in [0, 0.05) is 29.0 Å². The molecule has 3 aromatic rings. The predicted octanol–water partition coefficient (Wildman–Crippen LogP) is 3.33. The van der Waals surface area contributed by atoms with Gasteiger partial charge in [0.15, 0.2) is 11.5 Å². The maximum absolute atomic E-state index is 14.0. The molecule has 4 aliphatic rings. The second kappa shape index (κ2) is 8.14. The summed E-state index contributed by atoms with van der Waals surface area (Å²) in [5, 5.41) is 15.0. The summed E-state index contributed by atoms with van der Waals surface area (Å²) in [6, 6.07) is 5.69. The van der Waals surface area contributed by atoms with Crippen LogP contribution < -0.4 is 20.3 Å². The van der Waals surface area contributed by atoms with Crippen molar-refractivity contribution in [2.45, 2.75) is 58.4 Å². The number of aliphatic carboxylic acids is 1. The number of aromatic nitrogens is 2. The molecule has 3 unspecified atom stereocenters. The zero-order valence-corrected chi connectivity index (χ0v) is 22.3. The molecule has 1 aromatic carbocycles. The number of carboxylic acids is 1. The maximum Gasteiger partial charge on any atom is 0.311 e. The Hall–Kier alpha value is -3.72. The maximum atomic E-state index is 14.0. The predicted molar refractivity (Wildman–Crippen MR) is 143 cm³/mol. The summed E-state index contributed by atoms with van der Waals surface area (Å²) < 4.78 is 12.8. The number of nitrogens with zero attached hydrogens (tertiary/aromatic N) is 2. The highest BCUT2D eigenvalue weighted by atomic mass is 16.7. The number of carbonyl (C=O) groups is 2. The molecular formula is C30H31N3O6. The number of hydrogen-bond acceptors (Lipinski definition) is 7. The Morgan fingerprint density at radius 3 is 2.69 bits per heavy atom. The Balaban J connectivity index is 1.47. The number of carbonyl (C=O) groups excluding carboxylic acids is 1. The van der Waals surface area contributed by atoms with Gasteiger partial charge >= 0.3 is 5.97 Å². The molecule has 3 atom stereocenters. The number of benzene rings is 1. The second-order valence-corrected chi connectivity index (χ2v) is 11.5. The van der Waals surface area contributed by atoms with E-state index in [4.69, 9.17) is 14.5 Å². The van der Waals surface area contributed by atoms with Crippen molar-refractivity contribution in [1.82, 2.24) is 14.9 Å². The lowest BCUT2D eigenvalue weighted by molar-refractivity contribution is -0.162. The van der Waals surface area contributed by atoms with E-state index in [1.165, 1.54) is 0 Å². The minimum absolute atomic E-state index is 0.0442. The lowest BCUT2D eigenvalue weighted by Crippen LogP contribution is -2.59. The molecule has 0 saturated carbocycles. The number of fused-ring (bicyclic) bond motifs is 6. The van der Waals surface area contributed by atoms with E-state index in [9.17, 15) is 19.5 Å². The SMILES string of the molecule is CCC1(C(C)(C(=O)O)C2CCCNC2)C(=O)Cc2c1cc1n(c2=O)Cc2c-1nc1cc3c(cc1c2C)OCO3. The molecule has 0 bridgehead atoms. The van der Waals surface area contributed by atoms with Gasteiger partial charge in [-0.3, -0.25) is 14.4 Å². The van der Waals surface area contributed by atoms with E-state index in [1.807, 2.05) is 32.0 Å². The minimum Gasteiger partial charge on any atom is -0.481 e.